The lowest BCUT2D eigenvalue weighted by Gasteiger charge is -2.31. The zero-order valence-corrected chi connectivity index (χ0v) is 9.24. The first-order valence-electron chi connectivity index (χ1n) is 5.45. The first kappa shape index (κ1) is 12.0. The fourth-order valence-electron chi connectivity index (χ4n) is 1.86. The van der Waals surface area contributed by atoms with Gasteiger partial charge < -0.3 is 5.32 Å². The number of hydrogen-bond donors (Lipinski definition) is 1. The Bertz CT molecular complexity index is 95.2. The molecular formula is C11H25N. The van der Waals surface area contributed by atoms with Crippen LogP contribution in [0.3, 0.4) is 0 Å². The Labute approximate surface area is 77.9 Å². The van der Waals surface area contributed by atoms with Crippen molar-refractivity contribution in [1.82, 2.24) is 5.32 Å². The second-order valence-corrected chi connectivity index (χ2v) is 3.74. The van der Waals surface area contributed by atoms with E-state index in [1.54, 1.807) is 0 Å². The van der Waals surface area contributed by atoms with Gasteiger partial charge in [0.05, 0.1) is 0 Å². The van der Waals surface area contributed by atoms with Crippen molar-refractivity contribution >= 4 is 0 Å². The van der Waals surface area contributed by atoms with Crippen molar-refractivity contribution in [2.24, 2.45) is 5.41 Å². The average molecular weight is 171 g/mol. The Kier molecular flexibility index (Phi) is 6.45. The Balaban J connectivity index is 3.95. The van der Waals surface area contributed by atoms with Crippen LogP contribution < -0.4 is 5.32 Å². The van der Waals surface area contributed by atoms with Crippen molar-refractivity contribution in [3.05, 3.63) is 0 Å². The van der Waals surface area contributed by atoms with Crippen molar-refractivity contribution in [3.8, 4) is 0 Å². The first-order chi connectivity index (χ1) is 5.74. The highest BCUT2D eigenvalue weighted by atomic mass is 14.9. The molecule has 0 atom stereocenters. The van der Waals surface area contributed by atoms with E-state index >= 15 is 0 Å². The van der Waals surface area contributed by atoms with Gasteiger partial charge in [-0.05, 0) is 31.2 Å². The van der Waals surface area contributed by atoms with Gasteiger partial charge in [0.1, 0.15) is 0 Å². The van der Waals surface area contributed by atoms with Crippen LogP contribution in [0.2, 0.25) is 0 Å². The highest BCUT2D eigenvalue weighted by molar-refractivity contribution is 4.78. The van der Waals surface area contributed by atoms with Crippen molar-refractivity contribution in [2.45, 2.75) is 53.4 Å². The molecule has 0 unspecified atom stereocenters. The monoisotopic (exact) mass is 171 g/mol. The summed E-state index contributed by atoms with van der Waals surface area (Å²) in [5.41, 5.74) is 0.574. The van der Waals surface area contributed by atoms with Crippen LogP contribution in [0.4, 0.5) is 0 Å². The molecule has 1 nitrogen and oxygen atoms in total. The summed E-state index contributed by atoms with van der Waals surface area (Å²) >= 11 is 0. The normalized spacial score (nSPS) is 12.0. The van der Waals surface area contributed by atoms with Crippen LogP contribution in [0.1, 0.15) is 53.4 Å². The summed E-state index contributed by atoms with van der Waals surface area (Å²) in [6, 6.07) is 0. The lowest BCUT2D eigenvalue weighted by Crippen LogP contribution is -2.33. The van der Waals surface area contributed by atoms with Gasteiger partial charge in [-0.25, -0.2) is 0 Å². The van der Waals surface area contributed by atoms with E-state index in [2.05, 4.69) is 33.0 Å². The predicted octanol–water partition coefficient (Wildman–Crippen LogP) is 3.20. The molecule has 0 aliphatic heterocycles. The molecule has 0 aliphatic carbocycles. The Morgan fingerprint density at radius 3 is 1.92 bits per heavy atom. The van der Waals surface area contributed by atoms with E-state index in [4.69, 9.17) is 0 Å². The van der Waals surface area contributed by atoms with Gasteiger partial charge in [0.2, 0.25) is 0 Å². The minimum absolute atomic E-state index is 0.574. The van der Waals surface area contributed by atoms with Crippen LogP contribution in [0.15, 0.2) is 0 Å². The lowest BCUT2D eigenvalue weighted by molar-refractivity contribution is 0.227. The van der Waals surface area contributed by atoms with Crippen LogP contribution >= 0.6 is 0 Å². The molecule has 1 N–H and O–H groups in total. The van der Waals surface area contributed by atoms with Gasteiger partial charge in [0.25, 0.3) is 0 Å². The van der Waals surface area contributed by atoms with Crippen LogP contribution in [0.25, 0.3) is 0 Å². The molecule has 0 heterocycles. The molecule has 0 amide bonds. The number of hydrogen-bond acceptors (Lipinski definition) is 1. The van der Waals surface area contributed by atoms with E-state index in [9.17, 15) is 0 Å². The fourth-order valence-corrected chi connectivity index (χ4v) is 1.86. The van der Waals surface area contributed by atoms with Crippen molar-refractivity contribution in [2.75, 3.05) is 13.1 Å². The van der Waals surface area contributed by atoms with E-state index in [0.29, 0.717) is 5.41 Å². The van der Waals surface area contributed by atoms with Gasteiger partial charge in [-0.3, -0.25) is 0 Å². The van der Waals surface area contributed by atoms with E-state index in [1.165, 1.54) is 32.2 Å². The molecule has 0 aromatic heterocycles. The zero-order chi connectivity index (χ0) is 9.45. The summed E-state index contributed by atoms with van der Waals surface area (Å²) < 4.78 is 0. The number of rotatable bonds is 7. The number of nitrogens with one attached hydrogen (secondary N) is 1. The van der Waals surface area contributed by atoms with E-state index in [-0.39, 0.29) is 0 Å². The van der Waals surface area contributed by atoms with Crippen LogP contribution in [0, 0.1) is 5.41 Å². The maximum Gasteiger partial charge on any atom is 0.000748 e. The summed E-state index contributed by atoms with van der Waals surface area (Å²) in [7, 11) is 0. The Hall–Kier alpha value is -0.0400. The summed E-state index contributed by atoms with van der Waals surface area (Å²) in [5.74, 6) is 0. The molecule has 1 heteroatoms. The quantitative estimate of drug-likeness (QED) is 0.620. The molecule has 0 radical (unpaired) electrons. The molecule has 0 aromatic carbocycles. The molecule has 0 aliphatic rings. The fraction of sp³-hybridized carbons (Fsp3) is 1.00. The smallest absolute Gasteiger partial charge is 0.000748 e. The second-order valence-electron chi connectivity index (χ2n) is 3.74. The first-order valence-corrected chi connectivity index (χ1v) is 5.45. The standard InChI is InChI=1S/C11H25N/c1-5-9-11(6-2,7-3)10-12-8-4/h12H,5-10H2,1-4H3. The molecule has 0 saturated carbocycles. The van der Waals surface area contributed by atoms with Gasteiger partial charge in [0, 0.05) is 6.54 Å². The predicted molar refractivity (Wildman–Crippen MR) is 56.5 cm³/mol. The molecular weight excluding hydrogens is 146 g/mol. The van der Waals surface area contributed by atoms with Crippen LogP contribution in [0.5, 0.6) is 0 Å². The van der Waals surface area contributed by atoms with Crippen LogP contribution in [-0.2, 0) is 0 Å². The lowest BCUT2D eigenvalue weighted by atomic mass is 9.78. The van der Waals surface area contributed by atoms with Gasteiger partial charge in [-0.2, -0.15) is 0 Å². The van der Waals surface area contributed by atoms with E-state index in [0.717, 1.165) is 6.54 Å². The van der Waals surface area contributed by atoms with Gasteiger partial charge in [-0.1, -0.05) is 34.1 Å². The minimum Gasteiger partial charge on any atom is -0.316 e. The molecule has 0 fully saturated rings. The summed E-state index contributed by atoms with van der Waals surface area (Å²) in [4.78, 5) is 0. The molecule has 0 bridgehead atoms. The molecule has 0 rings (SSSR count). The Morgan fingerprint density at radius 2 is 1.58 bits per heavy atom. The third-order valence-corrected chi connectivity index (χ3v) is 3.03. The summed E-state index contributed by atoms with van der Waals surface area (Å²) in [5, 5.41) is 3.48. The Morgan fingerprint density at radius 1 is 1.00 bits per heavy atom. The molecule has 12 heavy (non-hydrogen) atoms. The maximum absolute atomic E-state index is 3.48. The molecule has 0 saturated heterocycles. The SMILES string of the molecule is CCCC(CC)(CC)CNCC. The summed E-state index contributed by atoms with van der Waals surface area (Å²) in [6.45, 7) is 11.4. The summed E-state index contributed by atoms with van der Waals surface area (Å²) in [6.07, 6.45) is 5.30. The third-order valence-electron chi connectivity index (χ3n) is 3.03. The van der Waals surface area contributed by atoms with Crippen molar-refractivity contribution in [1.29, 1.82) is 0 Å². The van der Waals surface area contributed by atoms with E-state index < -0.39 is 0 Å². The molecule has 74 valence electrons. The second kappa shape index (κ2) is 6.47. The highest BCUT2D eigenvalue weighted by Gasteiger charge is 2.23. The van der Waals surface area contributed by atoms with E-state index in [1.807, 2.05) is 0 Å². The van der Waals surface area contributed by atoms with Gasteiger partial charge in [0.15, 0.2) is 0 Å². The third kappa shape index (κ3) is 3.57. The largest absolute Gasteiger partial charge is 0.316 e. The topological polar surface area (TPSA) is 12.0 Å². The van der Waals surface area contributed by atoms with Gasteiger partial charge >= 0.3 is 0 Å². The average Bonchev–Trinajstić information content (AvgIpc) is 2.13. The molecule has 0 spiro atoms. The van der Waals surface area contributed by atoms with Crippen molar-refractivity contribution < 1.29 is 0 Å². The van der Waals surface area contributed by atoms with Gasteiger partial charge in [-0.15, -0.1) is 0 Å². The van der Waals surface area contributed by atoms with Crippen molar-refractivity contribution in [3.63, 3.8) is 0 Å². The van der Waals surface area contributed by atoms with Crippen LogP contribution in [-0.4, -0.2) is 13.1 Å². The minimum atomic E-state index is 0.574. The maximum atomic E-state index is 3.48. The molecule has 0 aromatic rings. The zero-order valence-electron chi connectivity index (χ0n) is 9.24. The highest BCUT2D eigenvalue weighted by Crippen LogP contribution is 2.30.